The van der Waals surface area contributed by atoms with Gasteiger partial charge in [-0.3, -0.25) is 9.48 Å². The van der Waals surface area contributed by atoms with E-state index in [1.807, 2.05) is 47.8 Å². The number of rotatable bonds is 5. The van der Waals surface area contributed by atoms with E-state index in [2.05, 4.69) is 5.10 Å². The third kappa shape index (κ3) is 2.96. The third-order valence-electron chi connectivity index (χ3n) is 4.57. The zero-order valence-corrected chi connectivity index (χ0v) is 14.0. The quantitative estimate of drug-likeness (QED) is 0.846. The molecule has 2 heterocycles. The summed E-state index contributed by atoms with van der Waals surface area (Å²) in [5, 5.41) is 4.49. The highest BCUT2D eigenvalue weighted by molar-refractivity contribution is 5.81. The number of hydrogen-bond acceptors (Lipinski definition) is 4. The van der Waals surface area contributed by atoms with Gasteiger partial charge in [-0.25, -0.2) is 0 Å². The Bertz CT molecular complexity index is 760. The van der Waals surface area contributed by atoms with E-state index >= 15 is 0 Å². The average molecular weight is 327 g/mol. The van der Waals surface area contributed by atoms with E-state index in [1.165, 1.54) is 0 Å². The molecule has 1 amide bonds. The Morgan fingerprint density at radius 3 is 2.75 bits per heavy atom. The first-order valence-corrected chi connectivity index (χ1v) is 8.27. The molecule has 24 heavy (non-hydrogen) atoms. The van der Waals surface area contributed by atoms with E-state index in [9.17, 15) is 4.79 Å². The van der Waals surface area contributed by atoms with Crippen LogP contribution < -0.4 is 9.47 Å². The fourth-order valence-electron chi connectivity index (χ4n) is 2.97. The van der Waals surface area contributed by atoms with Gasteiger partial charge >= 0.3 is 0 Å². The van der Waals surface area contributed by atoms with E-state index < -0.39 is 0 Å². The number of aryl methyl sites for hydroxylation is 2. The highest BCUT2D eigenvalue weighted by Crippen LogP contribution is 2.35. The molecule has 126 valence electrons. The van der Waals surface area contributed by atoms with Crippen LogP contribution in [0.25, 0.3) is 0 Å². The predicted molar refractivity (Wildman–Crippen MR) is 87.5 cm³/mol. The minimum absolute atomic E-state index is 0.184. The first-order valence-electron chi connectivity index (χ1n) is 8.27. The predicted octanol–water partition coefficient (Wildman–Crippen LogP) is 2.40. The molecule has 0 radical (unpaired) electrons. The Labute approximate surface area is 141 Å². The van der Waals surface area contributed by atoms with Crippen LogP contribution in [0.3, 0.4) is 0 Å². The zero-order valence-electron chi connectivity index (χ0n) is 14.0. The molecular formula is C18H21N3O3. The molecule has 0 atom stereocenters. The maximum absolute atomic E-state index is 12.7. The summed E-state index contributed by atoms with van der Waals surface area (Å²) in [6, 6.07) is 7.89. The number of fused-ring (bicyclic) bond motifs is 1. The van der Waals surface area contributed by atoms with Crippen molar-refractivity contribution in [2.75, 3.05) is 6.79 Å². The summed E-state index contributed by atoms with van der Waals surface area (Å²) in [5.74, 6) is 1.92. The number of nitrogens with zero attached hydrogens (tertiary/aromatic N) is 3. The molecule has 0 saturated heterocycles. The van der Waals surface area contributed by atoms with Crippen molar-refractivity contribution in [2.45, 2.75) is 32.9 Å². The molecule has 0 N–H and O–H groups in total. The van der Waals surface area contributed by atoms with Crippen molar-refractivity contribution in [1.29, 1.82) is 0 Å². The molecule has 6 nitrogen and oxygen atoms in total. The molecule has 2 aromatic rings. The Morgan fingerprint density at radius 2 is 2.04 bits per heavy atom. The van der Waals surface area contributed by atoms with Crippen molar-refractivity contribution in [3.8, 4) is 11.5 Å². The van der Waals surface area contributed by atoms with E-state index in [-0.39, 0.29) is 18.6 Å². The smallest absolute Gasteiger partial charge is 0.231 e. The standard InChI is InChI=1S/C18H21N3O3/c1-12-7-15(19-20(12)2)10-21(18(22)14-4-5-14)9-13-3-6-16-17(8-13)24-11-23-16/h3,6-8,14H,4-5,9-11H2,1-2H3. The number of benzene rings is 1. The second kappa shape index (κ2) is 5.85. The van der Waals surface area contributed by atoms with Crippen LogP contribution in [0.2, 0.25) is 0 Å². The second-order valence-electron chi connectivity index (χ2n) is 6.56. The Kier molecular flexibility index (Phi) is 3.67. The largest absolute Gasteiger partial charge is 0.454 e. The fraction of sp³-hybridized carbons (Fsp3) is 0.444. The summed E-state index contributed by atoms with van der Waals surface area (Å²) in [7, 11) is 1.92. The van der Waals surface area contributed by atoms with E-state index in [1.54, 1.807) is 0 Å². The molecule has 0 bridgehead atoms. The zero-order chi connectivity index (χ0) is 16.7. The van der Waals surface area contributed by atoms with Crippen LogP contribution in [0.15, 0.2) is 24.3 Å². The summed E-state index contributed by atoms with van der Waals surface area (Å²) in [5.41, 5.74) is 3.05. The van der Waals surface area contributed by atoms with Crippen LogP contribution in [0.4, 0.5) is 0 Å². The molecule has 2 aliphatic rings. The molecular weight excluding hydrogens is 306 g/mol. The fourth-order valence-corrected chi connectivity index (χ4v) is 2.97. The third-order valence-corrected chi connectivity index (χ3v) is 4.57. The summed E-state index contributed by atoms with van der Waals surface area (Å²) >= 11 is 0. The second-order valence-corrected chi connectivity index (χ2v) is 6.56. The first kappa shape index (κ1) is 15.1. The lowest BCUT2D eigenvalue weighted by Gasteiger charge is -2.22. The van der Waals surface area contributed by atoms with Gasteiger partial charge in [-0.1, -0.05) is 6.07 Å². The van der Waals surface area contributed by atoms with Crippen molar-refractivity contribution < 1.29 is 14.3 Å². The van der Waals surface area contributed by atoms with Crippen molar-refractivity contribution in [2.24, 2.45) is 13.0 Å². The molecule has 0 spiro atoms. The maximum atomic E-state index is 12.7. The molecule has 0 unspecified atom stereocenters. The summed E-state index contributed by atoms with van der Waals surface area (Å²) < 4.78 is 12.6. The molecule has 1 fully saturated rings. The van der Waals surface area contributed by atoms with Crippen LogP contribution in [-0.4, -0.2) is 27.4 Å². The lowest BCUT2D eigenvalue weighted by molar-refractivity contribution is -0.133. The van der Waals surface area contributed by atoms with Crippen LogP contribution in [0.1, 0.15) is 29.8 Å². The molecule has 1 saturated carbocycles. The first-order chi connectivity index (χ1) is 11.6. The number of aromatic nitrogens is 2. The monoisotopic (exact) mass is 327 g/mol. The average Bonchev–Trinajstić information content (AvgIpc) is 3.22. The van der Waals surface area contributed by atoms with Crippen LogP contribution in [0, 0.1) is 12.8 Å². The number of carbonyl (C=O) groups excluding carboxylic acids is 1. The normalized spacial score (nSPS) is 15.6. The molecule has 6 heteroatoms. The Hall–Kier alpha value is -2.50. The van der Waals surface area contributed by atoms with Crippen LogP contribution in [-0.2, 0) is 24.9 Å². The lowest BCUT2D eigenvalue weighted by Crippen LogP contribution is -2.31. The van der Waals surface area contributed by atoms with Gasteiger partial charge in [-0.2, -0.15) is 5.10 Å². The number of ether oxygens (including phenoxy) is 2. The van der Waals surface area contributed by atoms with Gasteiger partial charge in [0.2, 0.25) is 12.7 Å². The van der Waals surface area contributed by atoms with E-state index in [4.69, 9.17) is 9.47 Å². The highest BCUT2D eigenvalue weighted by Gasteiger charge is 2.34. The van der Waals surface area contributed by atoms with Gasteiger partial charge in [0, 0.05) is 25.2 Å². The van der Waals surface area contributed by atoms with E-state index in [0.29, 0.717) is 13.1 Å². The molecule has 1 aromatic carbocycles. The number of hydrogen-bond donors (Lipinski definition) is 0. The van der Waals surface area contributed by atoms with Gasteiger partial charge in [0.1, 0.15) is 0 Å². The number of carbonyl (C=O) groups is 1. The van der Waals surface area contributed by atoms with Crippen LogP contribution >= 0.6 is 0 Å². The van der Waals surface area contributed by atoms with E-state index in [0.717, 1.165) is 41.3 Å². The molecule has 1 aliphatic carbocycles. The number of amides is 1. The molecule has 1 aliphatic heterocycles. The lowest BCUT2D eigenvalue weighted by atomic mass is 10.1. The minimum Gasteiger partial charge on any atom is -0.454 e. The summed E-state index contributed by atoms with van der Waals surface area (Å²) in [6.07, 6.45) is 2.00. The van der Waals surface area contributed by atoms with Crippen molar-refractivity contribution in [1.82, 2.24) is 14.7 Å². The summed E-state index contributed by atoms with van der Waals surface area (Å²) in [6.45, 7) is 3.37. The summed E-state index contributed by atoms with van der Waals surface area (Å²) in [4.78, 5) is 14.6. The molecule has 4 rings (SSSR count). The van der Waals surface area contributed by atoms with Crippen molar-refractivity contribution in [3.63, 3.8) is 0 Å². The topological polar surface area (TPSA) is 56.6 Å². The molecule has 1 aromatic heterocycles. The van der Waals surface area contributed by atoms with Gasteiger partial charge in [0.15, 0.2) is 11.5 Å². The Morgan fingerprint density at radius 1 is 1.25 bits per heavy atom. The maximum Gasteiger partial charge on any atom is 0.231 e. The Balaban J connectivity index is 1.54. The van der Waals surface area contributed by atoms with Crippen LogP contribution in [0.5, 0.6) is 11.5 Å². The van der Waals surface area contributed by atoms with Crippen molar-refractivity contribution in [3.05, 3.63) is 41.2 Å². The highest BCUT2D eigenvalue weighted by atomic mass is 16.7. The van der Waals surface area contributed by atoms with Gasteiger partial charge in [-0.05, 0) is 43.5 Å². The van der Waals surface area contributed by atoms with Crippen molar-refractivity contribution >= 4 is 5.91 Å². The minimum atomic E-state index is 0.184. The van der Waals surface area contributed by atoms with Gasteiger partial charge in [0.25, 0.3) is 0 Å². The van der Waals surface area contributed by atoms with Gasteiger partial charge < -0.3 is 14.4 Å². The van der Waals surface area contributed by atoms with Gasteiger partial charge in [-0.15, -0.1) is 0 Å². The SMILES string of the molecule is Cc1cc(CN(Cc2ccc3c(c2)OCO3)C(=O)C2CC2)nn1C. The van der Waals surface area contributed by atoms with Gasteiger partial charge in [0.05, 0.1) is 12.2 Å².